The molecule has 0 aliphatic heterocycles. The van der Waals surface area contributed by atoms with E-state index in [1.165, 1.54) is 26.9 Å². The zero-order valence-electron chi connectivity index (χ0n) is 16.1. The Morgan fingerprint density at radius 2 is 1.64 bits per heavy atom. The summed E-state index contributed by atoms with van der Waals surface area (Å²) in [7, 11) is 4.53. The lowest BCUT2D eigenvalue weighted by molar-refractivity contribution is 0.102. The minimum atomic E-state index is -0.319. The van der Waals surface area contributed by atoms with Gasteiger partial charge in [0.05, 0.1) is 21.3 Å². The third-order valence-electron chi connectivity index (χ3n) is 4.33. The molecule has 3 aromatic rings. The highest BCUT2D eigenvalue weighted by atomic mass is 16.5. The smallest absolute Gasteiger partial charge is 0.257 e. The van der Waals surface area contributed by atoms with Crippen molar-refractivity contribution in [3.05, 3.63) is 65.4 Å². The van der Waals surface area contributed by atoms with Crippen LogP contribution in [0.5, 0.6) is 17.2 Å². The Morgan fingerprint density at radius 1 is 0.964 bits per heavy atom. The summed E-state index contributed by atoms with van der Waals surface area (Å²) in [4.78, 5) is 12.6. The molecule has 0 spiro atoms. The molecule has 0 atom stereocenters. The van der Waals surface area contributed by atoms with Gasteiger partial charge in [0.15, 0.2) is 17.3 Å². The lowest BCUT2D eigenvalue weighted by Gasteiger charge is -2.13. The van der Waals surface area contributed by atoms with Crippen LogP contribution in [0.4, 0.5) is 5.82 Å². The number of carbonyl (C=O) groups excluding carboxylic acids is 1. The molecule has 2 aromatic carbocycles. The first-order chi connectivity index (χ1) is 13.6. The Morgan fingerprint density at radius 3 is 2.25 bits per heavy atom. The second kappa shape index (κ2) is 8.94. The van der Waals surface area contributed by atoms with Crippen molar-refractivity contribution in [2.45, 2.75) is 12.8 Å². The van der Waals surface area contributed by atoms with Crippen molar-refractivity contribution >= 4 is 11.7 Å². The van der Waals surface area contributed by atoms with Crippen LogP contribution in [0.2, 0.25) is 0 Å². The molecular formula is C21H23N3O4. The van der Waals surface area contributed by atoms with Gasteiger partial charge >= 0.3 is 0 Å². The summed E-state index contributed by atoms with van der Waals surface area (Å²) < 4.78 is 15.9. The number of hydrogen-bond donors (Lipinski definition) is 2. The SMILES string of the molecule is COc1cc(C(=O)Nc2cc(CCc3ccccc3)[nH]n2)cc(OC)c1OC. The first-order valence-electron chi connectivity index (χ1n) is 8.84. The fourth-order valence-corrected chi connectivity index (χ4v) is 2.88. The highest BCUT2D eigenvalue weighted by Gasteiger charge is 2.17. The van der Waals surface area contributed by atoms with E-state index in [0.29, 0.717) is 28.6 Å². The molecule has 7 heteroatoms. The van der Waals surface area contributed by atoms with Crippen LogP contribution in [-0.2, 0) is 12.8 Å². The van der Waals surface area contributed by atoms with Gasteiger partial charge in [0.1, 0.15) is 0 Å². The summed E-state index contributed by atoms with van der Waals surface area (Å²) in [6.07, 6.45) is 1.69. The van der Waals surface area contributed by atoms with E-state index in [2.05, 4.69) is 27.6 Å². The minimum absolute atomic E-state index is 0.319. The van der Waals surface area contributed by atoms with E-state index in [1.54, 1.807) is 12.1 Å². The monoisotopic (exact) mass is 381 g/mol. The molecule has 0 unspecified atom stereocenters. The molecule has 0 saturated heterocycles. The Balaban J connectivity index is 1.69. The van der Waals surface area contributed by atoms with Gasteiger partial charge in [-0.3, -0.25) is 9.89 Å². The van der Waals surface area contributed by atoms with Crippen LogP contribution in [0, 0.1) is 0 Å². The molecule has 7 nitrogen and oxygen atoms in total. The maximum Gasteiger partial charge on any atom is 0.257 e. The van der Waals surface area contributed by atoms with Gasteiger partial charge in [-0.15, -0.1) is 0 Å². The molecule has 1 amide bonds. The second-order valence-corrected chi connectivity index (χ2v) is 6.13. The molecule has 0 aliphatic rings. The van der Waals surface area contributed by atoms with Crippen molar-refractivity contribution in [3.63, 3.8) is 0 Å². The van der Waals surface area contributed by atoms with E-state index < -0.39 is 0 Å². The maximum atomic E-state index is 12.6. The number of nitrogens with one attached hydrogen (secondary N) is 2. The van der Waals surface area contributed by atoms with Gasteiger partial charge in [0, 0.05) is 17.3 Å². The number of ether oxygens (including phenoxy) is 3. The largest absolute Gasteiger partial charge is 0.493 e. The van der Waals surface area contributed by atoms with Crippen molar-refractivity contribution in [1.29, 1.82) is 0 Å². The fourth-order valence-electron chi connectivity index (χ4n) is 2.88. The van der Waals surface area contributed by atoms with Crippen LogP contribution in [0.15, 0.2) is 48.5 Å². The number of nitrogens with zero attached hydrogens (tertiary/aromatic N) is 1. The Labute approximate surface area is 163 Å². The van der Waals surface area contributed by atoms with E-state index in [9.17, 15) is 4.79 Å². The lowest BCUT2D eigenvalue weighted by atomic mass is 10.1. The van der Waals surface area contributed by atoms with E-state index >= 15 is 0 Å². The number of benzene rings is 2. The number of rotatable bonds is 8. The molecule has 1 heterocycles. The average Bonchev–Trinajstić information content (AvgIpc) is 3.19. The maximum absolute atomic E-state index is 12.6. The number of methoxy groups -OCH3 is 3. The summed E-state index contributed by atoms with van der Waals surface area (Å²) in [6, 6.07) is 15.2. The quantitative estimate of drug-likeness (QED) is 0.624. The molecular weight excluding hydrogens is 358 g/mol. The number of amides is 1. The minimum Gasteiger partial charge on any atom is -0.493 e. The topological polar surface area (TPSA) is 85.5 Å². The van der Waals surface area contributed by atoms with Crippen molar-refractivity contribution < 1.29 is 19.0 Å². The number of anilines is 1. The van der Waals surface area contributed by atoms with Crippen LogP contribution in [0.3, 0.4) is 0 Å². The highest BCUT2D eigenvalue weighted by molar-refractivity contribution is 6.04. The van der Waals surface area contributed by atoms with Gasteiger partial charge in [-0.2, -0.15) is 5.10 Å². The number of carbonyl (C=O) groups is 1. The molecule has 0 saturated carbocycles. The Kier molecular flexibility index (Phi) is 6.16. The average molecular weight is 381 g/mol. The third kappa shape index (κ3) is 4.43. The standard InChI is InChI=1S/C21H23N3O4/c1-26-17-11-15(12-18(27-2)20(17)28-3)21(25)22-19-13-16(23-24-19)10-9-14-7-5-4-6-8-14/h4-8,11-13H,9-10H2,1-3H3,(H2,22,23,24,25). The number of aromatic nitrogens is 2. The van der Waals surface area contributed by atoms with Crippen molar-refractivity contribution in [2.75, 3.05) is 26.6 Å². The first kappa shape index (κ1) is 19.3. The van der Waals surface area contributed by atoms with Crippen molar-refractivity contribution in [3.8, 4) is 17.2 Å². The van der Waals surface area contributed by atoms with E-state index in [0.717, 1.165) is 18.5 Å². The highest BCUT2D eigenvalue weighted by Crippen LogP contribution is 2.38. The van der Waals surface area contributed by atoms with Crippen LogP contribution in [0.1, 0.15) is 21.6 Å². The Hall–Kier alpha value is -3.48. The molecule has 0 bridgehead atoms. The third-order valence-corrected chi connectivity index (χ3v) is 4.33. The number of H-pyrrole nitrogens is 1. The lowest BCUT2D eigenvalue weighted by Crippen LogP contribution is -2.13. The first-order valence-corrected chi connectivity index (χ1v) is 8.84. The molecule has 28 heavy (non-hydrogen) atoms. The van der Waals surface area contributed by atoms with Gasteiger partial charge in [0.25, 0.3) is 5.91 Å². The molecule has 0 aliphatic carbocycles. The normalized spacial score (nSPS) is 10.4. The predicted octanol–water partition coefficient (Wildman–Crippen LogP) is 3.47. The van der Waals surface area contributed by atoms with Gasteiger partial charge in [0.2, 0.25) is 5.75 Å². The fraction of sp³-hybridized carbons (Fsp3) is 0.238. The van der Waals surface area contributed by atoms with Crippen molar-refractivity contribution in [1.82, 2.24) is 10.2 Å². The summed E-state index contributed by atoms with van der Waals surface area (Å²) >= 11 is 0. The number of hydrogen-bond acceptors (Lipinski definition) is 5. The summed E-state index contributed by atoms with van der Waals surface area (Å²) in [5.41, 5.74) is 2.58. The van der Waals surface area contributed by atoms with Gasteiger partial charge < -0.3 is 19.5 Å². The van der Waals surface area contributed by atoms with Crippen LogP contribution in [-0.4, -0.2) is 37.4 Å². The van der Waals surface area contributed by atoms with Crippen LogP contribution in [0.25, 0.3) is 0 Å². The molecule has 3 rings (SSSR count). The summed E-state index contributed by atoms with van der Waals surface area (Å²) in [6.45, 7) is 0. The van der Waals surface area contributed by atoms with Gasteiger partial charge in [-0.05, 0) is 30.5 Å². The van der Waals surface area contributed by atoms with Crippen molar-refractivity contribution in [2.24, 2.45) is 0 Å². The number of aryl methyl sites for hydroxylation is 2. The molecule has 2 N–H and O–H groups in total. The Bertz CT molecular complexity index is 913. The zero-order chi connectivity index (χ0) is 19.9. The van der Waals surface area contributed by atoms with Gasteiger partial charge in [-0.1, -0.05) is 30.3 Å². The van der Waals surface area contributed by atoms with Crippen LogP contribution >= 0.6 is 0 Å². The van der Waals surface area contributed by atoms with Gasteiger partial charge in [-0.25, -0.2) is 0 Å². The zero-order valence-corrected chi connectivity index (χ0v) is 16.1. The van der Waals surface area contributed by atoms with Crippen LogP contribution < -0.4 is 19.5 Å². The molecule has 0 radical (unpaired) electrons. The van der Waals surface area contributed by atoms with E-state index in [1.807, 2.05) is 24.3 Å². The second-order valence-electron chi connectivity index (χ2n) is 6.13. The molecule has 146 valence electrons. The van der Waals surface area contributed by atoms with E-state index in [-0.39, 0.29) is 5.91 Å². The summed E-state index contributed by atoms with van der Waals surface area (Å²) in [5, 5.41) is 9.91. The predicted molar refractivity (Wildman–Crippen MR) is 106 cm³/mol. The molecule has 0 fully saturated rings. The molecule has 1 aromatic heterocycles. The number of aromatic amines is 1. The summed E-state index contributed by atoms with van der Waals surface area (Å²) in [5.74, 6) is 1.40. The van der Waals surface area contributed by atoms with E-state index in [4.69, 9.17) is 14.2 Å².